The molecule has 1 atom stereocenters. The average Bonchev–Trinajstić information content (AvgIpc) is 2.34. The van der Waals surface area contributed by atoms with Crippen molar-refractivity contribution in [2.75, 3.05) is 34.0 Å². The molecule has 0 aliphatic rings. The minimum atomic E-state index is -0.419. The number of nitrogens with two attached hydrogens (primary N) is 1. The van der Waals surface area contributed by atoms with Gasteiger partial charge in [-0.05, 0) is 18.2 Å². The Morgan fingerprint density at radius 3 is 2.71 bits per heavy atom. The van der Waals surface area contributed by atoms with Gasteiger partial charge in [0.2, 0.25) is 0 Å². The van der Waals surface area contributed by atoms with Crippen molar-refractivity contribution in [1.29, 1.82) is 0 Å². The van der Waals surface area contributed by atoms with Gasteiger partial charge in [0.05, 0.1) is 33.0 Å². The van der Waals surface area contributed by atoms with Crippen LogP contribution in [0.2, 0.25) is 0 Å². The molecule has 0 radical (unpaired) electrons. The molecule has 17 heavy (non-hydrogen) atoms. The largest absolute Gasteiger partial charge is 0.496 e. The highest BCUT2D eigenvalue weighted by Crippen LogP contribution is 2.24. The van der Waals surface area contributed by atoms with Gasteiger partial charge in [0.15, 0.2) is 0 Å². The molecule has 0 heterocycles. The van der Waals surface area contributed by atoms with Gasteiger partial charge in [-0.1, -0.05) is 0 Å². The summed E-state index contributed by atoms with van der Waals surface area (Å²) in [6.45, 7) is 1.26. The fourth-order valence-electron chi connectivity index (χ4n) is 1.44. The molecular weight excluding hydrogens is 225 g/mol. The van der Waals surface area contributed by atoms with Gasteiger partial charge >= 0.3 is 0 Å². The van der Waals surface area contributed by atoms with Crippen LogP contribution in [0.3, 0.4) is 0 Å². The van der Waals surface area contributed by atoms with E-state index < -0.39 is 6.04 Å². The lowest BCUT2D eigenvalue weighted by atomic mass is 10.1. The van der Waals surface area contributed by atoms with Crippen LogP contribution in [-0.2, 0) is 9.47 Å². The zero-order valence-corrected chi connectivity index (χ0v) is 10.1. The van der Waals surface area contributed by atoms with Crippen molar-refractivity contribution in [2.24, 2.45) is 5.73 Å². The van der Waals surface area contributed by atoms with Crippen LogP contribution >= 0.6 is 0 Å². The first kappa shape index (κ1) is 13.9. The molecule has 0 spiro atoms. The fourth-order valence-corrected chi connectivity index (χ4v) is 1.44. The topological polar surface area (TPSA) is 53.7 Å². The highest BCUT2D eigenvalue weighted by Gasteiger charge is 2.13. The Morgan fingerprint density at radius 2 is 2.06 bits per heavy atom. The monoisotopic (exact) mass is 243 g/mol. The quantitative estimate of drug-likeness (QED) is 0.737. The van der Waals surface area contributed by atoms with Gasteiger partial charge in [0, 0.05) is 12.7 Å². The van der Waals surface area contributed by atoms with E-state index in [4.69, 9.17) is 19.9 Å². The van der Waals surface area contributed by atoms with E-state index in [9.17, 15) is 4.39 Å². The molecule has 96 valence electrons. The van der Waals surface area contributed by atoms with E-state index >= 15 is 0 Å². The van der Waals surface area contributed by atoms with Crippen LogP contribution in [0.5, 0.6) is 5.75 Å². The molecule has 1 rings (SSSR count). The molecule has 0 amide bonds. The van der Waals surface area contributed by atoms with Crippen molar-refractivity contribution in [3.8, 4) is 5.75 Å². The van der Waals surface area contributed by atoms with E-state index in [1.807, 2.05) is 0 Å². The highest BCUT2D eigenvalue weighted by molar-refractivity contribution is 5.36. The van der Waals surface area contributed by atoms with Crippen LogP contribution in [0.1, 0.15) is 11.6 Å². The van der Waals surface area contributed by atoms with Crippen molar-refractivity contribution in [3.63, 3.8) is 0 Å². The van der Waals surface area contributed by atoms with E-state index in [2.05, 4.69) is 0 Å². The zero-order chi connectivity index (χ0) is 12.7. The van der Waals surface area contributed by atoms with Gasteiger partial charge in [-0.2, -0.15) is 0 Å². The van der Waals surface area contributed by atoms with Crippen molar-refractivity contribution in [3.05, 3.63) is 29.6 Å². The van der Waals surface area contributed by atoms with Crippen LogP contribution in [0.25, 0.3) is 0 Å². The van der Waals surface area contributed by atoms with E-state index in [1.54, 1.807) is 13.2 Å². The van der Waals surface area contributed by atoms with Crippen molar-refractivity contribution in [2.45, 2.75) is 6.04 Å². The first-order chi connectivity index (χ1) is 8.19. The SMILES string of the molecule is COCCOCC(N)c1cc(F)ccc1OC. The Hall–Kier alpha value is -1.17. The molecule has 0 bridgehead atoms. The summed E-state index contributed by atoms with van der Waals surface area (Å²) >= 11 is 0. The third-order valence-corrected chi connectivity index (χ3v) is 2.32. The van der Waals surface area contributed by atoms with Gasteiger partial charge in [-0.15, -0.1) is 0 Å². The minimum absolute atomic E-state index is 0.295. The molecular formula is C12H18FNO3. The zero-order valence-electron chi connectivity index (χ0n) is 10.1. The van der Waals surface area contributed by atoms with Gasteiger partial charge in [0.25, 0.3) is 0 Å². The molecule has 5 heteroatoms. The maximum absolute atomic E-state index is 13.1. The molecule has 0 saturated carbocycles. The lowest BCUT2D eigenvalue weighted by molar-refractivity contribution is 0.0633. The van der Waals surface area contributed by atoms with Gasteiger partial charge in [0.1, 0.15) is 11.6 Å². The number of ether oxygens (including phenoxy) is 3. The summed E-state index contributed by atoms with van der Waals surface area (Å²) < 4.78 is 28.4. The maximum Gasteiger partial charge on any atom is 0.123 e. The van der Waals surface area contributed by atoms with Gasteiger partial charge in [-0.3, -0.25) is 0 Å². The summed E-state index contributed by atoms with van der Waals surface area (Å²) in [5.74, 6) is 0.224. The third-order valence-electron chi connectivity index (χ3n) is 2.32. The van der Waals surface area contributed by atoms with E-state index in [0.717, 1.165) is 0 Å². The summed E-state index contributed by atoms with van der Waals surface area (Å²) in [5.41, 5.74) is 6.51. The Labute approximate surface area is 100 Å². The number of hydrogen-bond donors (Lipinski definition) is 1. The summed E-state index contributed by atoms with van der Waals surface area (Å²) in [6.07, 6.45) is 0. The molecule has 4 nitrogen and oxygen atoms in total. The minimum Gasteiger partial charge on any atom is -0.496 e. The Kier molecular flexibility index (Phi) is 5.90. The van der Waals surface area contributed by atoms with Crippen LogP contribution in [0.15, 0.2) is 18.2 Å². The predicted octanol–water partition coefficient (Wildman–Crippen LogP) is 1.50. The lowest BCUT2D eigenvalue weighted by Gasteiger charge is -2.15. The second kappa shape index (κ2) is 7.21. The molecule has 0 aliphatic carbocycles. The first-order valence-corrected chi connectivity index (χ1v) is 5.34. The maximum atomic E-state index is 13.1. The number of benzene rings is 1. The third kappa shape index (κ3) is 4.30. The highest BCUT2D eigenvalue weighted by atomic mass is 19.1. The Bertz CT molecular complexity index is 347. The predicted molar refractivity (Wildman–Crippen MR) is 62.6 cm³/mol. The van der Waals surface area contributed by atoms with E-state index in [0.29, 0.717) is 31.1 Å². The molecule has 2 N–H and O–H groups in total. The number of methoxy groups -OCH3 is 2. The molecule has 1 unspecified atom stereocenters. The fraction of sp³-hybridized carbons (Fsp3) is 0.500. The second-order valence-electron chi connectivity index (χ2n) is 3.56. The van der Waals surface area contributed by atoms with Crippen molar-refractivity contribution >= 4 is 0 Å². The normalized spacial score (nSPS) is 12.5. The van der Waals surface area contributed by atoms with Crippen LogP contribution in [0, 0.1) is 5.82 Å². The second-order valence-corrected chi connectivity index (χ2v) is 3.56. The Morgan fingerprint density at radius 1 is 1.29 bits per heavy atom. The van der Waals surface area contributed by atoms with Crippen LogP contribution in [-0.4, -0.2) is 34.0 Å². The molecule has 0 saturated heterocycles. The molecule has 0 fully saturated rings. The number of hydrogen-bond acceptors (Lipinski definition) is 4. The smallest absolute Gasteiger partial charge is 0.123 e. The van der Waals surface area contributed by atoms with Crippen molar-refractivity contribution < 1.29 is 18.6 Å². The first-order valence-electron chi connectivity index (χ1n) is 5.34. The summed E-state index contributed by atoms with van der Waals surface area (Å²) in [7, 11) is 3.12. The Balaban J connectivity index is 2.60. The number of rotatable bonds is 7. The molecule has 0 aliphatic heterocycles. The summed E-state index contributed by atoms with van der Waals surface area (Å²) in [6, 6.07) is 3.83. The summed E-state index contributed by atoms with van der Waals surface area (Å²) in [5, 5.41) is 0. The molecule has 1 aromatic carbocycles. The lowest BCUT2D eigenvalue weighted by Crippen LogP contribution is -2.19. The summed E-state index contributed by atoms with van der Waals surface area (Å²) in [4.78, 5) is 0. The van der Waals surface area contributed by atoms with E-state index in [1.165, 1.54) is 19.2 Å². The molecule has 0 aromatic heterocycles. The van der Waals surface area contributed by atoms with Crippen LogP contribution < -0.4 is 10.5 Å². The standard InChI is InChI=1S/C12H18FNO3/c1-15-5-6-17-8-11(14)10-7-9(13)3-4-12(10)16-2/h3-4,7,11H,5-6,8,14H2,1-2H3. The number of halogens is 1. The van der Waals surface area contributed by atoms with Gasteiger partial charge in [-0.25, -0.2) is 4.39 Å². The van der Waals surface area contributed by atoms with Crippen molar-refractivity contribution in [1.82, 2.24) is 0 Å². The van der Waals surface area contributed by atoms with E-state index in [-0.39, 0.29) is 5.82 Å². The van der Waals surface area contributed by atoms with Crippen LogP contribution in [0.4, 0.5) is 4.39 Å². The van der Waals surface area contributed by atoms with Gasteiger partial charge < -0.3 is 19.9 Å². The molecule has 1 aromatic rings. The average molecular weight is 243 g/mol.